The molecule has 1 atom stereocenters. The molecule has 1 aromatic heterocycles. The molecule has 2 rings (SSSR count). The van der Waals surface area contributed by atoms with Gasteiger partial charge in [0.2, 0.25) is 0 Å². The van der Waals surface area contributed by atoms with Gasteiger partial charge >= 0.3 is 0 Å². The summed E-state index contributed by atoms with van der Waals surface area (Å²) in [4.78, 5) is 4.19. The van der Waals surface area contributed by atoms with Gasteiger partial charge in [0, 0.05) is 29.4 Å². The van der Waals surface area contributed by atoms with E-state index in [-0.39, 0.29) is 11.0 Å². The molecular formula is C13H14ClNO4S. The molecule has 1 aromatic carbocycles. The van der Waals surface area contributed by atoms with Crippen LogP contribution in [0.15, 0.2) is 35.4 Å². The van der Waals surface area contributed by atoms with Crippen LogP contribution in [0.4, 0.5) is 0 Å². The van der Waals surface area contributed by atoms with Crippen molar-refractivity contribution in [2.45, 2.75) is 17.9 Å². The van der Waals surface area contributed by atoms with Crippen molar-refractivity contribution in [1.29, 1.82) is 0 Å². The molecule has 0 aliphatic heterocycles. The van der Waals surface area contributed by atoms with Gasteiger partial charge in [-0.15, -0.1) is 0 Å². The molecule has 0 amide bonds. The largest absolute Gasteiger partial charge is 0.489 e. The molecule has 0 saturated heterocycles. The standard InChI is InChI=1S/C13H14ClNO4S/c1-9(18-2)8-19-11-5-6-12(20(14,16)17)10-4-3-7-15-13(10)11/h3-7,9H,8H2,1-2H3. The fraction of sp³-hybridized carbons (Fsp3) is 0.308. The van der Waals surface area contributed by atoms with E-state index in [4.69, 9.17) is 20.2 Å². The molecule has 2 aromatic rings. The minimum absolute atomic E-state index is 0.0226. The van der Waals surface area contributed by atoms with E-state index in [9.17, 15) is 8.42 Å². The second kappa shape index (κ2) is 5.95. The zero-order chi connectivity index (χ0) is 14.8. The highest BCUT2D eigenvalue weighted by Crippen LogP contribution is 2.31. The Bertz CT molecular complexity index is 717. The summed E-state index contributed by atoms with van der Waals surface area (Å²) in [6.07, 6.45) is 1.49. The number of halogens is 1. The van der Waals surface area contributed by atoms with Gasteiger partial charge in [-0.25, -0.2) is 8.42 Å². The first-order valence-corrected chi connectivity index (χ1v) is 8.22. The molecule has 7 heteroatoms. The molecule has 0 aliphatic rings. The average molecular weight is 316 g/mol. The van der Waals surface area contributed by atoms with Gasteiger partial charge < -0.3 is 9.47 Å². The van der Waals surface area contributed by atoms with Gasteiger partial charge in [-0.1, -0.05) is 0 Å². The van der Waals surface area contributed by atoms with Crippen LogP contribution in [0.1, 0.15) is 6.92 Å². The molecule has 0 N–H and O–H groups in total. The zero-order valence-electron chi connectivity index (χ0n) is 11.0. The number of pyridine rings is 1. The van der Waals surface area contributed by atoms with Gasteiger partial charge in [-0.05, 0) is 31.2 Å². The summed E-state index contributed by atoms with van der Waals surface area (Å²) in [5.74, 6) is 0.494. The van der Waals surface area contributed by atoms with Crippen molar-refractivity contribution in [1.82, 2.24) is 4.98 Å². The van der Waals surface area contributed by atoms with E-state index in [1.807, 2.05) is 6.92 Å². The lowest BCUT2D eigenvalue weighted by Crippen LogP contribution is -2.16. The van der Waals surface area contributed by atoms with E-state index < -0.39 is 9.05 Å². The number of rotatable bonds is 5. The first-order chi connectivity index (χ1) is 9.43. The number of hydrogen-bond donors (Lipinski definition) is 0. The number of fused-ring (bicyclic) bond motifs is 1. The minimum Gasteiger partial charge on any atom is -0.489 e. The number of ether oxygens (including phenoxy) is 2. The monoisotopic (exact) mass is 315 g/mol. The number of methoxy groups -OCH3 is 1. The maximum Gasteiger partial charge on any atom is 0.261 e. The van der Waals surface area contributed by atoms with E-state index >= 15 is 0 Å². The van der Waals surface area contributed by atoms with Gasteiger partial charge in [0.15, 0.2) is 0 Å². The Morgan fingerprint density at radius 3 is 2.75 bits per heavy atom. The minimum atomic E-state index is -3.83. The second-order valence-corrected chi connectivity index (χ2v) is 6.79. The van der Waals surface area contributed by atoms with Crippen molar-refractivity contribution in [2.75, 3.05) is 13.7 Å². The van der Waals surface area contributed by atoms with E-state index in [0.717, 1.165) is 0 Å². The van der Waals surface area contributed by atoms with Crippen molar-refractivity contribution in [2.24, 2.45) is 0 Å². The topological polar surface area (TPSA) is 65.5 Å². The Kier molecular flexibility index (Phi) is 4.47. The number of aromatic nitrogens is 1. The highest BCUT2D eigenvalue weighted by atomic mass is 35.7. The first kappa shape index (κ1) is 15.0. The van der Waals surface area contributed by atoms with Crippen LogP contribution in [-0.4, -0.2) is 33.2 Å². The van der Waals surface area contributed by atoms with Gasteiger partial charge in [-0.3, -0.25) is 4.98 Å². The van der Waals surface area contributed by atoms with Gasteiger partial charge in [0.25, 0.3) is 9.05 Å². The summed E-state index contributed by atoms with van der Waals surface area (Å²) >= 11 is 0. The van der Waals surface area contributed by atoms with Crippen molar-refractivity contribution in [3.63, 3.8) is 0 Å². The van der Waals surface area contributed by atoms with Crippen molar-refractivity contribution in [3.8, 4) is 5.75 Å². The van der Waals surface area contributed by atoms with E-state index in [1.54, 1.807) is 31.5 Å². The number of nitrogens with zero attached hydrogens (tertiary/aromatic N) is 1. The van der Waals surface area contributed by atoms with E-state index in [2.05, 4.69) is 4.98 Å². The fourth-order valence-electron chi connectivity index (χ4n) is 1.72. The summed E-state index contributed by atoms with van der Waals surface area (Å²) in [5.41, 5.74) is 0.456. The van der Waals surface area contributed by atoms with Gasteiger partial charge in [0.1, 0.15) is 17.9 Å². The normalized spacial score (nSPS) is 13.3. The number of benzene rings is 1. The van der Waals surface area contributed by atoms with Crippen LogP contribution in [0, 0.1) is 0 Å². The summed E-state index contributed by atoms with van der Waals surface area (Å²) in [5, 5.41) is 0.435. The van der Waals surface area contributed by atoms with E-state index in [0.29, 0.717) is 23.3 Å². The Hall–Kier alpha value is -1.37. The Balaban J connectivity index is 2.49. The SMILES string of the molecule is COC(C)COc1ccc(S(=O)(=O)Cl)c2cccnc12. The number of hydrogen-bond acceptors (Lipinski definition) is 5. The molecule has 108 valence electrons. The van der Waals surface area contributed by atoms with Crippen molar-refractivity contribution >= 4 is 30.6 Å². The molecule has 5 nitrogen and oxygen atoms in total. The lowest BCUT2D eigenvalue weighted by atomic mass is 10.2. The van der Waals surface area contributed by atoms with Crippen LogP contribution < -0.4 is 4.74 Å². The third-order valence-corrected chi connectivity index (χ3v) is 4.21. The molecule has 20 heavy (non-hydrogen) atoms. The first-order valence-electron chi connectivity index (χ1n) is 5.91. The van der Waals surface area contributed by atoms with Crippen LogP contribution >= 0.6 is 10.7 Å². The Morgan fingerprint density at radius 1 is 1.35 bits per heavy atom. The quantitative estimate of drug-likeness (QED) is 0.793. The molecular weight excluding hydrogens is 302 g/mol. The molecule has 0 fully saturated rings. The molecule has 0 saturated carbocycles. The lowest BCUT2D eigenvalue weighted by Gasteiger charge is -2.13. The van der Waals surface area contributed by atoms with Crippen LogP contribution in [0.2, 0.25) is 0 Å². The maximum absolute atomic E-state index is 11.5. The van der Waals surface area contributed by atoms with E-state index in [1.165, 1.54) is 6.07 Å². The lowest BCUT2D eigenvalue weighted by molar-refractivity contribution is 0.0721. The van der Waals surface area contributed by atoms with Gasteiger partial charge in [0.05, 0.1) is 11.0 Å². The summed E-state index contributed by atoms with van der Waals surface area (Å²) in [7, 11) is 3.18. The summed E-state index contributed by atoms with van der Waals surface area (Å²) in [6, 6.07) is 6.26. The molecule has 1 unspecified atom stereocenters. The van der Waals surface area contributed by atoms with Crippen LogP contribution in [0.5, 0.6) is 5.75 Å². The highest BCUT2D eigenvalue weighted by Gasteiger charge is 2.17. The summed E-state index contributed by atoms with van der Waals surface area (Å²) in [6.45, 7) is 2.21. The van der Waals surface area contributed by atoms with Crippen molar-refractivity contribution in [3.05, 3.63) is 30.5 Å². The third-order valence-electron chi connectivity index (χ3n) is 2.83. The van der Waals surface area contributed by atoms with Gasteiger partial charge in [-0.2, -0.15) is 0 Å². The smallest absolute Gasteiger partial charge is 0.261 e. The maximum atomic E-state index is 11.5. The highest BCUT2D eigenvalue weighted by molar-refractivity contribution is 8.14. The van der Waals surface area contributed by atoms with Crippen molar-refractivity contribution < 1.29 is 17.9 Å². The predicted octanol–water partition coefficient (Wildman–Crippen LogP) is 2.58. The third kappa shape index (κ3) is 3.20. The Morgan fingerprint density at radius 2 is 2.10 bits per heavy atom. The predicted molar refractivity (Wildman–Crippen MR) is 76.7 cm³/mol. The van der Waals surface area contributed by atoms with Crippen LogP contribution in [0.25, 0.3) is 10.9 Å². The average Bonchev–Trinajstić information content (AvgIpc) is 2.43. The molecule has 0 bridgehead atoms. The fourth-order valence-corrected chi connectivity index (χ4v) is 2.79. The van der Waals surface area contributed by atoms with Crippen LogP contribution in [-0.2, 0) is 13.8 Å². The summed E-state index contributed by atoms with van der Waals surface area (Å²) < 4.78 is 33.8. The van der Waals surface area contributed by atoms with Crippen LogP contribution in [0.3, 0.4) is 0 Å². The molecule has 0 spiro atoms. The molecule has 1 heterocycles. The Labute approximate surface area is 121 Å². The zero-order valence-corrected chi connectivity index (χ0v) is 12.6. The molecule has 0 aliphatic carbocycles. The second-order valence-electron chi connectivity index (χ2n) is 4.26. The molecule has 0 radical (unpaired) electrons.